The van der Waals surface area contributed by atoms with Crippen molar-refractivity contribution in [3.05, 3.63) is 84.2 Å². The van der Waals surface area contributed by atoms with Gasteiger partial charge in [-0.25, -0.2) is 4.79 Å². The van der Waals surface area contributed by atoms with Crippen molar-refractivity contribution in [1.82, 2.24) is 19.8 Å². The minimum absolute atomic E-state index is 0.185. The zero-order chi connectivity index (χ0) is 26.8. The average Bonchev–Trinajstić information content (AvgIpc) is 3.54. The van der Waals surface area contributed by atoms with Crippen LogP contribution < -0.4 is 10.5 Å². The van der Waals surface area contributed by atoms with E-state index in [0.717, 1.165) is 16.7 Å². The molecule has 0 aliphatic carbocycles. The summed E-state index contributed by atoms with van der Waals surface area (Å²) in [5, 5.41) is 0.200. The van der Waals surface area contributed by atoms with Gasteiger partial charge >= 0.3 is 6.03 Å². The van der Waals surface area contributed by atoms with Crippen LogP contribution >= 0.6 is 11.8 Å². The number of likely N-dealkylation sites (N-methyl/N-ethyl adjacent to an activating group) is 1. The molecule has 2 unspecified atom stereocenters. The Hall–Kier alpha value is -4.31. The third-order valence-electron chi connectivity index (χ3n) is 6.48. The maximum atomic E-state index is 14.1. The predicted molar refractivity (Wildman–Crippen MR) is 147 cm³/mol. The lowest BCUT2D eigenvalue weighted by atomic mass is 9.99. The van der Waals surface area contributed by atoms with Crippen molar-refractivity contribution < 1.29 is 19.1 Å². The zero-order valence-electron chi connectivity index (χ0n) is 21.0. The van der Waals surface area contributed by atoms with Crippen LogP contribution in [0.2, 0.25) is 0 Å². The Balaban J connectivity index is 1.55. The van der Waals surface area contributed by atoms with E-state index >= 15 is 0 Å². The van der Waals surface area contributed by atoms with E-state index in [9.17, 15) is 14.4 Å². The second-order valence-corrected chi connectivity index (χ2v) is 10.2. The highest BCUT2D eigenvalue weighted by molar-refractivity contribution is 7.99. The van der Waals surface area contributed by atoms with Crippen LogP contribution in [0.15, 0.2) is 73.1 Å². The van der Waals surface area contributed by atoms with E-state index in [1.54, 1.807) is 32.6 Å². The molecule has 2 atom stereocenters. The number of Topliss-reactive ketones (excluding diaryl/α,β-unsaturated/α-hetero) is 1. The summed E-state index contributed by atoms with van der Waals surface area (Å²) >= 11 is 1.45. The normalized spacial score (nSPS) is 16.9. The van der Waals surface area contributed by atoms with Crippen LogP contribution in [0.25, 0.3) is 22.0 Å². The fourth-order valence-electron chi connectivity index (χ4n) is 4.52. The predicted octanol–water partition coefficient (Wildman–Crippen LogP) is 4.07. The summed E-state index contributed by atoms with van der Waals surface area (Å²) in [6, 6.07) is 17.7. The standard InChI is InChI=1S/C28H27N5O4S/c1-32(2)23(34)15-37-26-24(20-11-10-18(13-21(20)31-26)17-7-4-3-5-8-17)25(35)22-16-38-27(33(22)28(29)36)19-9-6-12-30-14-19/h3-14,22,27,31H,15-16H2,1-2H3,(H2,29,36). The van der Waals surface area contributed by atoms with Crippen LogP contribution in [0.4, 0.5) is 4.79 Å². The summed E-state index contributed by atoms with van der Waals surface area (Å²) in [7, 11) is 3.27. The number of nitrogens with zero attached hydrogens (tertiary/aromatic N) is 3. The van der Waals surface area contributed by atoms with E-state index in [0.29, 0.717) is 16.7 Å². The summed E-state index contributed by atoms with van der Waals surface area (Å²) in [6.45, 7) is -0.247. The minimum atomic E-state index is -0.817. The molecule has 0 spiro atoms. The SMILES string of the molecule is CN(C)C(=O)COc1[nH]c2cc(-c3ccccc3)ccc2c1C(=O)C1CSC(c2cccnc2)N1C(N)=O. The van der Waals surface area contributed by atoms with Crippen molar-refractivity contribution in [3.63, 3.8) is 0 Å². The van der Waals surface area contributed by atoms with Crippen molar-refractivity contribution in [3.8, 4) is 17.0 Å². The molecule has 1 aliphatic heterocycles. The van der Waals surface area contributed by atoms with Gasteiger partial charge in [-0.2, -0.15) is 0 Å². The minimum Gasteiger partial charge on any atom is -0.468 e. The van der Waals surface area contributed by atoms with Gasteiger partial charge in [-0.3, -0.25) is 19.5 Å². The summed E-state index contributed by atoms with van der Waals surface area (Å²) in [4.78, 5) is 49.1. The number of ketones is 1. The quantitative estimate of drug-likeness (QED) is 0.348. The third-order valence-corrected chi connectivity index (χ3v) is 7.81. The van der Waals surface area contributed by atoms with Gasteiger partial charge in [-0.05, 0) is 23.3 Å². The molecule has 38 heavy (non-hydrogen) atoms. The van der Waals surface area contributed by atoms with Gasteiger partial charge in [-0.1, -0.05) is 48.5 Å². The number of carbonyl (C=O) groups excluding carboxylic acids is 3. The number of carbonyl (C=O) groups is 3. The van der Waals surface area contributed by atoms with Crippen LogP contribution in [0.5, 0.6) is 5.88 Å². The number of primary amides is 1. The number of ether oxygens (including phenoxy) is 1. The molecule has 194 valence electrons. The smallest absolute Gasteiger partial charge is 0.316 e. The Bertz CT molecular complexity index is 1490. The van der Waals surface area contributed by atoms with E-state index in [-0.39, 0.29) is 29.7 Å². The molecule has 3 amide bonds. The molecule has 2 aromatic carbocycles. The Morgan fingerprint density at radius 1 is 1.11 bits per heavy atom. The number of pyridine rings is 1. The Morgan fingerprint density at radius 2 is 1.89 bits per heavy atom. The Kier molecular flexibility index (Phi) is 7.06. The van der Waals surface area contributed by atoms with Gasteiger partial charge in [0, 0.05) is 48.7 Å². The average molecular weight is 530 g/mol. The van der Waals surface area contributed by atoms with Crippen LogP contribution in [0.1, 0.15) is 21.3 Å². The fourth-order valence-corrected chi connectivity index (χ4v) is 5.94. The van der Waals surface area contributed by atoms with Crippen LogP contribution in [-0.2, 0) is 4.79 Å². The summed E-state index contributed by atoms with van der Waals surface area (Å²) in [5.74, 6) is -0.0242. The Morgan fingerprint density at radius 3 is 2.58 bits per heavy atom. The molecule has 2 aromatic heterocycles. The molecule has 5 rings (SSSR count). The molecule has 3 heterocycles. The number of H-pyrrole nitrogens is 1. The van der Waals surface area contributed by atoms with E-state index in [1.165, 1.54) is 21.6 Å². The number of amides is 3. The highest BCUT2D eigenvalue weighted by Crippen LogP contribution is 2.43. The van der Waals surface area contributed by atoms with E-state index in [1.807, 2.05) is 54.6 Å². The van der Waals surface area contributed by atoms with Gasteiger partial charge in [-0.15, -0.1) is 11.8 Å². The van der Waals surface area contributed by atoms with E-state index in [2.05, 4.69) is 9.97 Å². The van der Waals surface area contributed by atoms with Gasteiger partial charge in [0.25, 0.3) is 5.91 Å². The Labute approximate surface area is 224 Å². The van der Waals surface area contributed by atoms with Crippen molar-refractivity contribution in [2.75, 3.05) is 26.5 Å². The number of aromatic amines is 1. The molecule has 9 nitrogen and oxygen atoms in total. The molecule has 3 N–H and O–H groups in total. The maximum Gasteiger partial charge on any atom is 0.316 e. The third kappa shape index (κ3) is 4.82. The number of nitrogens with one attached hydrogen (secondary N) is 1. The fraction of sp³-hybridized carbons (Fsp3) is 0.214. The number of fused-ring (bicyclic) bond motifs is 1. The topological polar surface area (TPSA) is 122 Å². The number of hydrogen-bond acceptors (Lipinski definition) is 6. The van der Waals surface area contributed by atoms with Gasteiger partial charge in [0.1, 0.15) is 11.4 Å². The lowest BCUT2D eigenvalue weighted by Gasteiger charge is -2.27. The first-order chi connectivity index (χ1) is 18.3. The summed E-state index contributed by atoms with van der Waals surface area (Å²) in [6.07, 6.45) is 3.31. The van der Waals surface area contributed by atoms with Crippen molar-refractivity contribution in [2.45, 2.75) is 11.4 Å². The molecule has 0 saturated carbocycles. The van der Waals surface area contributed by atoms with Crippen LogP contribution in [-0.4, -0.2) is 70.0 Å². The summed E-state index contributed by atoms with van der Waals surface area (Å²) < 4.78 is 5.86. The van der Waals surface area contributed by atoms with E-state index in [4.69, 9.17) is 10.5 Å². The molecule has 1 aliphatic rings. The largest absolute Gasteiger partial charge is 0.468 e. The molecular weight excluding hydrogens is 502 g/mol. The molecule has 1 saturated heterocycles. The summed E-state index contributed by atoms with van der Waals surface area (Å²) in [5.41, 5.74) is 9.52. The molecule has 0 radical (unpaired) electrons. The first-order valence-electron chi connectivity index (χ1n) is 12.0. The molecule has 10 heteroatoms. The number of urea groups is 1. The van der Waals surface area contributed by atoms with Crippen molar-refractivity contribution >= 4 is 40.4 Å². The van der Waals surface area contributed by atoms with Crippen LogP contribution in [0, 0.1) is 0 Å². The monoisotopic (exact) mass is 529 g/mol. The number of rotatable bonds is 7. The van der Waals surface area contributed by atoms with Crippen molar-refractivity contribution in [1.29, 1.82) is 0 Å². The molecule has 1 fully saturated rings. The number of aromatic nitrogens is 2. The van der Waals surface area contributed by atoms with Gasteiger partial charge < -0.3 is 20.4 Å². The van der Waals surface area contributed by atoms with Crippen molar-refractivity contribution in [2.24, 2.45) is 5.73 Å². The lowest BCUT2D eigenvalue weighted by molar-refractivity contribution is -0.130. The highest BCUT2D eigenvalue weighted by atomic mass is 32.2. The number of benzene rings is 2. The van der Waals surface area contributed by atoms with Crippen LogP contribution in [0.3, 0.4) is 0 Å². The molecule has 0 bridgehead atoms. The highest BCUT2D eigenvalue weighted by Gasteiger charge is 2.43. The molecule has 4 aromatic rings. The first kappa shape index (κ1) is 25.3. The number of hydrogen-bond donors (Lipinski definition) is 2. The zero-order valence-corrected chi connectivity index (χ0v) is 21.8. The first-order valence-corrected chi connectivity index (χ1v) is 13.1. The second-order valence-electron chi connectivity index (χ2n) is 9.13. The van der Waals surface area contributed by atoms with Gasteiger partial charge in [0.2, 0.25) is 5.88 Å². The van der Waals surface area contributed by atoms with Gasteiger partial charge in [0.15, 0.2) is 12.4 Å². The van der Waals surface area contributed by atoms with Gasteiger partial charge in [0.05, 0.1) is 5.56 Å². The number of nitrogens with two attached hydrogens (primary N) is 1. The number of thioether (sulfide) groups is 1. The van der Waals surface area contributed by atoms with E-state index < -0.39 is 17.4 Å². The molecular formula is C28H27N5O4S. The maximum absolute atomic E-state index is 14.1. The second kappa shape index (κ2) is 10.6. The lowest BCUT2D eigenvalue weighted by Crippen LogP contribution is -2.45.